The van der Waals surface area contributed by atoms with Crippen LogP contribution in [0.5, 0.6) is 0 Å². The Bertz CT molecular complexity index is 745. The van der Waals surface area contributed by atoms with Gasteiger partial charge in [0.2, 0.25) is 5.91 Å². The first-order chi connectivity index (χ1) is 17.4. The Morgan fingerprint density at radius 2 is 1.16 bits per heavy atom. The first-order valence-electron chi connectivity index (χ1n) is 11.6. The van der Waals surface area contributed by atoms with Crippen LogP contribution in [0.4, 0.5) is 0 Å². The molecule has 0 aromatic carbocycles. The molecule has 3 aliphatic heterocycles. The average molecular weight is 545 g/mol. The van der Waals surface area contributed by atoms with Crippen LogP contribution in [0, 0.1) is 0 Å². The molecular formula is C20H35NO16. The maximum absolute atomic E-state index is 11.5. The Balaban J connectivity index is 1.80. The van der Waals surface area contributed by atoms with Crippen molar-refractivity contribution in [1.82, 2.24) is 5.32 Å². The molecule has 0 bridgehead atoms. The van der Waals surface area contributed by atoms with Crippen molar-refractivity contribution in [1.29, 1.82) is 0 Å². The summed E-state index contributed by atoms with van der Waals surface area (Å²) in [5, 5.41) is 103. The molecule has 37 heavy (non-hydrogen) atoms. The van der Waals surface area contributed by atoms with E-state index in [1.54, 1.807) is 0 Å². The monoisotopic (exact) mass is 545 g/mol. The molecule has 11 N–H and O–H groups in total. The molecule has 3 heterocycles. The van der Waals surface area contributed by atoms with Crippen molar-refractivity contribution < 1.29 is 79.5 Å². The summed E-state index contributed by atoms with van der Waals surface area (Å²) in [7, 11) is 0. The van der Waals surface area contributed by atoms with Crippen molar-refractivity contribution in [2.24, 2.45) is 0 Å². The highest BCUT2D eigenvalue weighted by atomic mass is 16.7. The van der Waals surface area contributed by atoms with E-state index in [0.29, 0.717) is 0 Å². The van der Waals surface area contributed by atoms with Crippen LogP contribution in [-0.4, -0.2) is 169 Å². The highest BCUT2D eigenvalue weighted by Crippen LogP contribution is 2.32. The molecule has 3 saturated heterocycles. The van der Waals surface area contributed by atoms with E-state index in [9.17, 15) is 55.9 Å². The maximum Gasteiger partial charge on any atom is 0.217 e. The Kier molecular flexibility index (Phi) is 10.5. The molecule has 3 aliphatic rings. The van der Waals surface area contributed by atoms with Crippen molar-refractivity contribution in [2.45, 2.75) is 99.0 Å². The second-order valence-corrected chi connectivity index (χ2v) is 9.07. The number of aliphatic hydroxyl groups excluding tert-OH is 10. The molecule has 0 aromatic heterocycles. The lowest BCUT2D eigenvalue weighted by Gasteiger charge is -2.48. The van der Waals surface area contributed by atoms with E-state index in [4.69, 9.17) is 23.7 Å². The van der Waals surface area contributed by atoms with Gasteiger partial charge in [0, 0.05) is 6.92 Å². The third kappa shape index (κ3) is 6.38. The summed E-state index contributed by atoms with van der Waals surface area (Å²) in [6.07, 6.45) is -23.4. The average Bonchev–Trinajstić information content (AvgIpc) is 2.86. The fourth-order valence-electron chi connectivity index (χ4n) is 4.46. The van der Waals surface area contributed by atoms with Gasteiger partial charge in [-0.05, 0) is 0 Å². The van der Waals surface area contributed by atoms with Gasteiger partial charge in [0.05, 0.1) is 19.8 Å². The van der Waals surface area contributed by atoms with Crippen LogP contribution in [0.2, 0.25) is 0 Å². The largest absolute Gasteiger partial charge is 0.394 e. The normalized spacial score (nSPS) is 49.0. The van der Waals surface area contributed by atoms with Crippen LogP contribution in [0.25, 0.3) is 0 Å². The van der Waals surface area contributed by atoms with E-state index < -0.39 is 118 Å². The molecule has 0 aromatic rings. The Morgan fingerprint density at radius 3 is 1.70 bits per heavy atom. The lowest BCUT2D eigenvalue weighted by Crippen LogP contribution is -2.68. The number of hydrogen-bond donors (Lipinski definition) is 11. The SMILES string of the molecule is CC(=O)NC1C(O)OC(CO)[C@@H](O[C@@H]2OC(CO)[C@H](O)[C@H](O[C@H]3OC(CO)[C@H](O)[C@H](O)C3O)C2O)[C@@H]1O. The van der Waals surface area contributed by atoms with E-state index in [1.165, 1.54) is 0 Å². The van der Waals surface area contributed by atoms with Gasteiger partial charge in [0.25, 0.3) is 0 Å². The summed E-state index contributed by atoms with van der Waals surface area (Å²) in [4.78, 5) is 11.5. The smallest absolute Gasteiger partial charge is 0.217 e. The highest BCUT2D eigenvalue weighted by Gasteiger charge is 2.53. The van der Waals surface area contributed by atoms with Gasteiger partial charge in [-0.25, -0.2) is 0 Å². The lowest BCUT2D eigenvalue weighted by atomic mass is 9.95. The molecule has 0 spiro atoms. The van der Waals surface area contributed by atoms with Crippen LogP contribution in [0.1, 0.15) is 6.92 Å². The summed E-state index contributed by atoms with van der Waals surface area (Å²) in [6.45, 7) is -1.23. The minimum Gasteiger partial charge on any atom is -0.394 e. The van der Waals surface area contributed by atoms with Crippen LogP contribution in [0.3, 0.4) is 0 Å². The molecule has 3 fully saturated rings. The fourth-order valence-corrected chi connectivity index (χ4v) is 4.46. The van der Waals surface area contributed by atoms with Crippen LogP contribution >= 0.6 is 0 Å². The summed E-state index contributed by atoms with van der Waals surface area (Å²) in [5.74, 6) is -0.627. The third-order valence-electron chi connectivity index (χ3n) is 6.50. The Morgan fingerprint density at radius 1 is 0.649 bits per heavy atom. The first kappa shape index (κ1) is 30.4. The van der Waals surface area contributed by atoms with Gasteiger partial charge in [0.15, 0.2) is 18.9 Å². The number of carbonyl (C=O) groups excluding carboxylic acids is 1. The minimum absolute atomic E-state index is 0.627. The zero-order chi connectivity index (χ0) is 27.6. The number of nitrogens with one attached hydrogen (secondary N) is 1. The van der Waals surface area contributed by atoms with Crippen molar-refractivity contribution in [3.8, 4) is 0 Å². The van der Waals surface area contributed by atoms with E-state index in [0.717, 1.165) is 6.92 Å². The molecule has 216 valence electrons. The Hall–Kier alpha value is -1.13. The molecule has 17 heteroatoms. The number of rotatable bonds is 8. The molecule has 0 radical (unpaired) electrons. The quantitative estimate of drug-likeness (QED) is 0.135. The van der Waals surface area contributed by atoms with Crippen molar-refractivity contribution in [2.75, 3.05) is 19.8 Å². The fraction of sp³-hybridized carbons (Fsp3) is 0.950. The lowest BCUT2D eigenvalue weighted by molar-refractivity contribution is -0.375. The van der Waals surface area contributed by atoms with Gasteiger partial charge in [-0.15, -0.1) is 0 Å². The second kappa shape index (κ2) is 12.8. The van der Waals surface area contributed by atoms with E-state index in [1.807, 2.05) is 0 Å². The van der Waals surface area contributed by atoms with Gasteiger partial charge < -0.3 is 80.1 Å². The summed E-state index contributed by atoms with van der Waals surface area (Å²) >= 11 is 0. The zero-order valence-electron chi connectivity index (χ0n) is 19.7. The van der Waals surface area contributed by atoms with E-state index >= 15 is 0 Å². The zero-order valence-corrected chi connectivity index (χ0v) is 19.7. The molecule has 0 aliphatic carbocycles. The van der Waals surface area contributed by atoms with Gasteiger partial charge in [0.1, 0.15) is 73.2 Å². The van der Waals surface area contributed by atoms with Crippen molar-refractivity contribution in [3.05, 3.63) is 0 Å². The Labute approximate surface area is 210 Å². The molecule has 1 amide bonds. The summed E-state index contributed by atoms with van der Waals surface area (Å²) in [6, 6.07) is -1.40. The molecular weight excluding hydrogens is 510 g/mol. The number of amides is 1. The molecule has 15 atom stereocenters. The first-order valence-corrected chi connectivity index (χ1v) is 11.6. The van der Waals surface area contributed by atoms with Crippen molar-refractivity contribution >= 4 is 5.91 Å². The summed E-state index contributed by atoms with van der Waals surface area (Å²) < 4.78 is 26.9. The second-order valence-electron chi connectivity index (χ2n) is 9.07. The number of hydrogen-bond acceptors (Lipinski definition) is 16. The predicted octanol–water partition coefficient (Wildman–Crippen LogP) is -7.43. The van der Waals surface area contributed by atoms with Gasteiger partial charge in [-0.1, -0.05) is 0 Å². The standard InChI is InChI=1S/C20H35NO16/c1-5(25)21-9-12(28)16(8(4-24)33-18(9)32)36-20-15(31)17(11(27)7(3-23)35-20)37-19-14(30)13(29)10(26)6(2-22)34-19/h6-20,22-24,26-32H,2-4H2,1H3,(H,21,25)/t6?,7?,8?,9?,10-,11-,12+,13-,14?,15?,16+,17-,18?,19+,20-/m0/s1. The van der Waals surface area contributed by atoms with Crippen molar-refractivity contribution in [3.63, 3.8) is 0 Å². The van der Waals surface area contributed by atoms with E-state index in [2.05, 4.69) is 5.32 Å². The molecule has 7 unspecified atom stereocenters. The third-order valence-corrected chi connectivity index (χ3v) is 6.50. The highest BCUT2D eigenvalue weighted by molar-refractivity contribution is 5.73. The number of ether oxygens (including phenoxy) is 5. The van der Waals surface area contributed by atoms with Gasteiger partial charge in [-0.2, -0.15) is 0 Å². The summed E-state index contributed by atoms with van der Waals surface area (Å²) in [5.41, 5.74) is 0. The van der Waals surface area contributed by atoms with Gasteiger partial charge in [-0.3, -0.25) is 4.79 Å². The van der Waals surface area contributed by atoms with E-state index in [-0.39, 0.29) is 0 Å². The molecule has 17 nitrogen and oxygen atoms in total. The van der Waals surface area contributed by atoms with Crippen LogP contribution in [-0.2, 0) is 28.5 Å². The topological polar surface area (TPSA) is 278 Å². The van der Waals surface area contributed by atoms with Crippen LogP contribution in [0.15, 0.2) is 0 Å². The van der Waals surface area contributed by atoms with Crippen LogP contribution < -0.4 is 5.32 Å². The predicted molar refractivity (Wildman–Crippen MR) is 113 cm³/mol. The molecule has 0 saturated carbocycles. The maximum atomic E-state index is 11.5. The van der Waals surface area contributed by atoms with Gasteiger partial charge >= 0.3 is 0 Å². The number of aliphatic hydroxyl groups is 10. The molecule has 3 rings (SSSR count). The minimum atomic E-state index is -1.91. The number of carbonyl (C=O) groups is 1.